The van der Waals surface area contributed by atoms with E-state index < -0.39 is 11.9 Å². The van der Waals surface area contributed by atoms with Crippen LogP contribution in [0.1, 0.15) is 26.3 Å². The van der Waals surface area contributed by atoms with Crippen LogP contribution in [0.3, 0.4) is 0 Å². The van der Waals surface area contributed by atoms with Gasteiger partial charge in [0.1, 0.15) is 0 Å². The lowest BCUT2D eigenvalue weighted by Gasteiger charge is -2.00. The van der Waals surface area contributed by atoms with Gasteiger partial charge in [-0.15, -0.1) is 6.42 Å². The molecule has 0 spiro atoms. The third-order valence-corrected chi connectivity index (χ3v) is 1.65. The maximum atomic E-state index is 10.6. The van der Waals surface area contributed by atoms with E-state index in [-0.39, 0.29) is 16.7 Å². The molecule has 2 N–H and O–H groups in total. The lowest BCUT2D eigenvalue weighted by Crippen LogP contribution is -2.03. The van der Waals surface area contributed by atoms with Crippen molar-refractivity contribution in [3.8, 4) is 12.3 Å². The Balaban J connectivity index is 3.34. The van der Waals surface area contributed by atoms with Gasteiger partial charge < -0.3 is 10.2 Å². The summed E-state index contributed by atoms with van der Waals surface area (Å²) in [6.07, 6.45) is 5.05. The first-order valence-electron chi connectivity index (χ1n) is 3.63. The Labute approximate surface area is 79.8 Å². The van der Waals surface area contributed by atoms with E-state index in [1.54, 1.807) is 0 Å². The summed E-state index contributed by atoms with van der Waals surface area (Å²) in [7, 11) is 0. The van der Waals surface area contributed by atoms with Gasteiger partial charge in [-0.2, -0.15) is 0 Å². The highest BCUT2D eigenvalue weighted by Gasteiger charge is 2.11. The average Bonchev–Trinajstić information content (AvgIpc) is 2.16. The molecule has 0 heterocycles. The summed E-state index contributed by atoms with van der Waals surface area (Å²) >= 11 is 0. The molecule has 0 amide bonds. The van der Waals surface area contributed by atoms with E-state index in [1.165, 1.54) is 12.1 Å². The topological polar surface area (TPSA) is 74.6 Å². The molecule has 0 atom stereocenters. The Kier molecular flexibility index (Phi) is 2.54. The zero-order valence-electron chi connectivity index (χ0n) is 7.02. The summed E-state index contributed by atoms with van der Waals surface area (Å²) in [5, 5.41) is 17.3. The monoisotopic (exact) mass is 190 g/mol. The van der Waals surface area contributed by atoms with Crippen LogP contribution in [0.2, 0.25) is 0 Å². The molecule has 0 bridgehead atoms. The summed E-state index contributed by atoms with van der Waals surface area (Å²) in [5.74, 6) is -0.184. The first-order valence-corrected chi connectivity index (χ1v) is 3.63. The van der Waals surface area contributed by atoms with Gasteiger partial charge in [-0.05, 0) is 18.2 Å². The van der Waals surface area contributed by atoms with Gasteiger partial charge in [0.15, 0.2) is 0 Å². The molecular weight excluding hydrogens is 184 g/mol. The van der Waals surface area contributed by atoms with E-state index in [2.05, 4.69) is 5.92 Å². The van der Waals surface area contributed by atoms with Crippen molar-refractivity contribution in [3.63, 3.8) is 0 Å². The van der Waals surface area contributed by atoms with Gasteiger partial charge in [-0.3, -0.25) is 0 Å². The van der Waals surface area contributed by atoms with Crippen LogP contribution in [0.15, 0.2) is 18.2 Å². The molecule has 0 saturated carbocycles. The molecule has 0 fully saturated rings. The molecule has 0 aliphatic carbocycles. The van der Waals surface area contributed by atoms with E-state index >= 15 is 0 Å². The maximum Gasteiger partial charge on any atom is 0.336 e. The second-order valence-electron chi connectivity index (χ2n) is 2.52. The fourth-order valence-corrected chi connectivity index (χ4v) is 0.983. The number of carbonyl (C=O) groups is 2. The Bertz CT molecular complexity index is 440. The molecule has 1 rings (SSSR count). The molecule has 0 aromatic heterocycles. The van der Waals surface area contributed by atoms with Crippen LogP contribution < -0.4 is 0 Å². The molecule has 1 aromatic carbocycles. The van der Waals surface area contributed by atoms with Crippen molar-refractivity contribution in [2.24, 2.45) is 0 Å². The van der Waals surface area contributed by atoms with E-state index in [9.17, 15) is 9.59 Å². The van der Waals surface area contributed by atoms with Crippen molar-refractivity contribution >= 4 is 11.9 Å². The number of terminal acetylenes is 1. The van der Waals surface area contributed by atoms with Gasteiger partial charge in [0.25, 0.3) is 0 Å². The van der Waals surface area contributed by atoms with E-state index in [4.69, 9.17) is 16.6 Å². The van der Waals surface area contributed by atoms with Gasteiger partial charge in [0.05, 0.1) is 11.1 Å². The summed E-state index contributed by atoms with van der Waals surface area (Å²) in [6, 6.07) is 3.54. The SMILES string of the molecule is C#Cc1cc(C(=O)O)ccc1C(=O)O. The lowest BCUT2D eigenvalue weighted by atomic mass is 10.0. The number of hydrogen-bond acceptors (Lipinski definition) is 2. The Morgan fingerprint density at radius 3 is 2.29 bits per heavy atom. The molecule has 70 valence electrons. The number of aromatic carboxylic acids is 2. The number of hydrogen-bond donors (Lipinski definition) is 2. The molecule has 0 saturated heterocycles. The zero-order valence-corrected chi connectivity index (χ0v) is 7.02. The molecular formula is C10H6O4. The van der Waals surface area contributed by atoms with Crippen molar-refractivity contribution in [3.05, 3.63) is 34.9 Å². The highest BCUT2D eigenvalue weighted by atomic mass is 16.4. The molecule has 0 radical (unpaired) electrons. The molecule has 0 unspecified atom stereocenters. The molecule has 0 aliphatic rings. The number of carboxylic acids is 2. The van der Waals surface area contributed by atoms with Gasteiger partial charge in [-0.1, -0.05) is 5.92 Å². The van der Waals surface area contributed by atoms with Gasteiger partial charge in [0, 0.05) is 5.56 Å². The Morgan fingerprint density at radius 1 is 1.21 bits per heavy atom. The summed E-state index contributed by atoms with van der Waals surface area (Å²) in [4.78, 5) is 21.2. The fourth-order valence-electron chi connectivity index (χ4n) is 0.983. The number of rotatable bonds is 2. The van der Waals surface area contributed by atoms with Crippen molar-refractivity contribution in [1.82, 2.24) is 0 Å². The first kappa shape index (κ1) is 9.81. The molecule has 1 aromatic rings. The van der Waals surface area contributed by atoms with Crippen LogP contribution in [-0.4, -0.2) is 22.2 Å². The minimum absolute atomic E-state index is 0.0250. The van der Waals surface area contributed by atoms with Crippen LogP contribution in [-0.2, 0) is 0 Å². The van der Waals surface area contributed by atoms with E-state index in [0.29, 0.717) is 0 Å². The predicted octanol–water partition coefficient (Wildman–Crippen LogP) is 1.06. The standard InChI is InChI=1S/C10H6O4/c1-2-6-5-7(9(11)12)3-4-8(6)10(13)14/h1,3-5H,(H,11,12)(H,13,14). The fraction of sp³-hybridized carbons (Fsp3) is 0. The van der Waals surface area contributed by atoms with Crippen molar-refractivity contribution in [1.29, 1.82) is 0 Å². The number of carboxylic acid groups (broad SMARTS) is 2. The summed E-state index contributed by atoms with van der Waals surface area (Å²) < 4.78 is 0. The molecule has 4 nitrogen and oxygen atoms in total. The molecule has 14 heavy (non-hydrogen) atoms. The predicted molar refractivity (Wildman–Crippen MR) is 48.3 cm³/mol. The third kappa shape index (κ3) is 1.72. The second kappa shape index (κ2) is 3.62. The molecule has 4 heteroatoms. The minimum atomic E-state index is -1.17. The Hall–Kier alpha value is -2.28. The van der Waals surface area contributed by atoms with Crippen molar-refractivity contribution < 1.29 is 19.8 Å². The van der Waals surface area contributed by atoms with Crippen LogP contribution in [0.4, 0.5) is 0 Å². The number of benzene rings is 1. The van der Waals surface area contributed by atoms with Gasteiger partial charge >= 0.3 is 11.9 Å². The smallest absolute Gasteiger partial charge is 0.336 e. The highest BCUT2D eigenvalue weighted by Crippen LogP contribution is 2.11. The van der Waals surface area contributed by atoms with Crippen molar-refractivity contribution in [2.75, 3.05) is 0 Å². The average molecular weight is 190 g/mol. The van der Waals surface area contributed by atoms with Crippen LogP contribution in [0, 0.1) is 12.3 Å². The largest absolute Gasteiger partial charge is 0.478 e. The first-order chi connectivity index (χ1) is 6.56. The normalized spacial score (nSPS) is 9.07. The third-order valence-electron chi connectivity index (χ3n) is 1.65. The minimum Gasteiger partial charge on any atom is -0.478 e. The second-order valence-corrected chi connectivity index (χ2v) is 2.52. The lowest BCUT2D eigenvalue weighted by molar-refractivity contribution is 0.0681. The molecule has 0 aliphatic heterocycles. The van der Waals surface area contributed by atoms with Gasteiger partial charge in [0.2, 0.25) is 0 Å². The van der Waals surface area contributed by atoms with Gasteiger partial charge in [-0.25, -0.2) is 9.59 Å². The quantitative estimate of drug-likeness (QED) is 0.684. The van der Waals surface area contributed by atoms with E-state index in [1.807, 2.05) is 0 Å². The van der Waals surface area contributed by atoms with Crippen LogP contribution >= 0.6 is 0 Å². The Morgan fingerprint density at radius 2 is 1.86 bits per heavy atom. The maximum absolute atomic E-state index is 10.6. The zero-order chi connectivity index (χ0) is 10.7. The van der Waals surface area contributed by atoms with Crippen LogP contribution in [0.25, 0.3) is 0 Å². The highest BCUT2D eigenvalue weighted by molar-refractivity contribution is 5.94. The van der Waals surface area contributed by atoms with E-state index in [0.717, 1.165) is 6.07 Å². The van der Waals surface area contributed by atoms with Crippen LogP contribution in [0.5, 0.6) is 0 Å². The van der Waals surface area contributed by atoms with Crippen molar-refractivity contribution in [2.45, 2.75) is 0 Å². The summed E-state index contributed by atoms with van der Waals surface area (Å²) in [6.45, 7) is 0. The summed E-state index contributed by atoms with van der Waals surface area (Å²) in [5.41, 5.74) is -0.0298.